The van der Waals surface area contributed by atoms with Crippen molar-refractivity contribution in [2.45, 2.75) is 38.1 Å². The lowest BCUT2D eigenvalue weighted by Crippen LogP contribution is -2.37. The molecule has 40 heavy (non-hydrogen) atoms. The van der Waals surface area contributed by atoms with Gasteiger partial charge < -0.3 is 15.4 Å². The van der Waals surface area contributed by atoms with Gasteiger partial charge in [-0.25, -0.2) is 10.2 Å². The second kappa shape index (κ2) is 13.9. The molecule has 9 nitrogen and oxygen atoms in total. The number of para-hydroxylation sites is 1. The predicted molar refractivity (Wildman–Crippen MR) is 156 cm³/mol. The van der Waals surface area contributed by atoms with Gasteiger partial charge in [-0.3, -0.25) is 14.4 Å². The number of nitrogens with zero attached hydrogens (tertiary/aromatic N) is 1. The van der Waals surface area contributed by atoms with Gasteiger partial charge in [0, 0.05) is 21.1 Å². The zero-order valence-electron chi connectivity index (χ0n) is 21.3. The van der Waals surface area contributed by atoms with Gasteiger partial charge in [0.25, 0.3) is 5.91 Å². The smallest absolute Gasteiger partial charge is 0.343 e. The Morgan fingerprint density at radius 1 is 0.925 bits per heavy atom. The summed E-state index contributed by atoms with van der Waals surface area (Å²) in [4.78, 5) is 50.3. The summed E-state index contributed by atoms with van der Waals surface area (Å²) in [6.45, 7) is 0. The lowest BCUT2D eigenvalue weighted by Gasteiger charge is -2.23. The maximum absolute atomic E-state index is 12.8. The van der Waals surface area contributed by atoms with Crippen molar-refractivity contribution in [3.8, 4) is 5.75 Å². The van der Waals surface area contributed by atoms with Crippen molar-refractivity contribution in [1.82, 2.24) is 10.7 Å². The fourth-order valence-corrected chi connectivity index (χ4v) is 4.65. The number of hydrogen-bond donors (Lipinski definition) is 3. The molecule has 0 heterocycles. The van der Waals surface area contributed by atoms with E-state index in [2.05, 4.69) is 37.1 Å². The van der Waals surface area contributed by atoms with Gasteiger partial charge in [0.05, 0.1) is 23.0 Å². The van der Waals surface area contributed by atoms with Crippen molar-refractivity contribution in [2.24, 2.45) is 5.10 Å². The molecule has 1 fully saturated rings. The Hall–Kier alpha value is -4.02. The predicted octanol–water partition coefficient (Wildman–Crippen LogP) is 5.47. The Balaban J connectivity index is 1.38. The second-order valence-electron chi connectivity index (χ2n) is 9.09. The fourth-order valence-electron chi connectivity index (χ4n) is 4.15. The summed E-state index contributed by atoms with van der Waals surface area (Å²) in [5.74, 6) is -2.78. The highest BCUT2D eigenvalue weighted by atomic mass is 79.9. The summed E-state index contributed by atoms with van der Waals surface area (Å²) in [6.07, 6.45) is 6.37. The Morgan fingerprint density at radius 2 is 1.65 bits per heavy atom. The standard InChI is InChI=1S/C29H26BrClN4O5/c30-20-12-15-25(40-29(39)18-10-13-21(31)14-11-18)19(16-20)17-32-35-28(38)27(37)34-24-9-5-4-8-23(24)26(36)33-22-6-2-1-3-7-22/h4-5,8-17,22H,1-3,6-7H2,(H,33,36)(H,34,37)(H,35,38)/b32-17+. The molecule has 1 aliphatic carbocycles. The van der Waals surface area contributed by atoms with E-state index in [1.54, 1.807) is 54.6 Å². The molecule has 1 aliphatic rings. The normalized spacial score (nSPS) is 13.4. The molecule has 0 atom stereocenters. The van der Waals surface area contributed by atoms with E-state index in [9.17, 15) is 19.2 Å². The molecule has 0 unspecified atom stereocenters. The van der Waals surface area contributed by atoms with Crippen LogP contribution in [-0.4, -0.2) is 35.9 Å². The van der Waals surface area contributed by atoms with Gasteiger partial charge in [-0.15, -0.1) is 0 Å². The van der Waals surface area contributed by atoms with Gasteiger partial charge in [-0.05, 0) is 67.4 Å². The molecule has 0 saturated heterocycles. The number of nitrogens with one attached hydrogen (secondary N) is 3. The van der Waals surface area contributed by atoms with Crippen molar-refractivity contribution in [1.29, 1.82) is 0 Å². The number of halogens is 2. The molecule has 0 radical (unpaired) electrons. The maximum Gasteiger partial charge on any atom is 0.343 e. The third-order valence-electron chi connectivity index (χ3n) is 6.19. The van der Waals surface area contributed by atoms with Gasteiger partial charge in [0.15, 0.2) is 0 Å². The van der Waals surface area contributed by atoms with Gasteiger partial charge in [0.1, 0.15) is 5.75 Å². The number of esters is 1. The number of anilines is 1. The minimum Gasteiger partial charge on any atom is -0.422 e. The molecule has 3 amide bonds. The highest BCUT2D eigenvalue weighted by molar-refractivity contribution is 9.10. The first-order chi connectivity index (χ1) is 19.3. The van der Waals surface area contributed by atoms with E-state index in [1.807, 2.05) is 0 Å². The third-order valence-corrected chi connectivity index (χ3v) is 6.94. The van der Waals surface area contributed by atoms with Crippen LogP contribution >= 0.6 is 27.5 Å². The molecular weight excluding hydrogens is 600 g/mol. The number of benzene rings is 3. The Bertz CT molecular complexity index is 1440. The number of rotatable bonds is 7. The topological polar surface area (TPSA) is 126 Å². The number of ether oxygens (including phenoxy) is 1. The summed E-state index contributed by atoms with van der Waals surface area (Å²) in [7, 11) is 0. The van der Waals surface area contributed by atoms with Crippen molar-refractivity contribution >= 4 is 63.1 Å². The molecule has 3 aromatic rings. The molecule has 206 valence electrons. The van der Waals surface area contributed by atoms with Crippen LogP contribution in [0.2, 0.25) is 5.02 Å². The number of carbonyl (C=O) groups excluding carboxylic acids is 4. The van der Waals surface area contributed by atoms with Gasteiger partial charge in [-0.2, -0.15) is 5.10 Å². The molecular formula is C29H26BrClN4O5. The molecule has 0 bridgehead atoms. The zero-order chi connectivity index (χ0) is 28.5. The van der Waals surface area contributed by atoms with E-state index in [0.717, 1.165) is 32.1 Å². The van der Waals surface area contributed by atoms with Crippen LogP contribution < -0.4 is 20.8 Å². The Morgan fingerprint density at radius 3 is 2.40 bits per heavy atom. The molecule has 11 heteroatoms. The van der Waals surface area contributed by atoms with E-state index in [1.165, 1.54) is 18.3 Å². The summed E-state index contributed by atoms with van der Waals surface area (Å²) < 4.78 is 6.15. The quantitative estimate of drug-likeness (QED) is 0.106. The van der Waals surface area contributed by atoms with Crippen molar-refractivity contribution in [3.05, 3.63) is 92.9 Å². The summed E-state index contributed by atoms with van der Waals surface area (Å²) in [5.41, 5.74) is 3.29. The first kappa shape index (κ1) is 29.0. The average molecular weight is 626 g/mol. The fraction of sp³-hybridized carbons (Fsp3) is 0.207. The van der Waals surface area contributed by atoms with Crippen LogP contribution in [0.1, 0.15) is 58.4 Å². The van der Waals surface area contributed by atoms with Gasteiger partial charge >= 0.3 is 17.8 Å². The number of hydrazone groups is 1. The third kappa shape index (κ3) is 8.00. The maximum atomic E-state index is 12.8. The molecule has 0 spiro atoms. The number of hydrogen-bond acceptors (Lipinski definition) is 6. The van der Waals surface area contributed by atoms with E-state index in [0.29, 0.717) is 20.6 Å². The second-order valence-corrected chi connectivity index (χ2v) is 10.4. The van der Waals surface area contributed by atoms with Crippen LogP contribution in [0.5, 0.6) is 5.75 Å². The minimum atomic E-state index is -1.05. The Labute approximate surface area is 244 Å². The number of carbonyl (C=O) groups is 4. The molecule has 3 aromatic carbocycles. The summed E-state index contributed by atoms with van der Waals surface area (Å²) in [6, 6.07) is 17.7. The SMILES string of the molecule is O=C(N/N=C/c1cc(Br)ccc1OC(=O)c1ccc(Cl)cc1)C(=O)Nc1ccccc1C(=O)NC1CCCCC1. The van der Waals surface area contributed by atoms with Crippen LogP contribution in [0, 0.1) is 0 Å². The van der Waals surface area contributed by atoms with Gasteiger partial charge in [0.2, 0.25) is 0 Å². The largest absolute Gasteiger partial charge is 0.422 e. The van der Waals surface area contributed by atoms with E-state index in [-0.39, 0.29) is 28.9 Å². The molecule has 0 aliphatic heterocycles. The first-order valence-electron chi connectivity index (χ1n) is 12.6. The van der Waals surface area contributed by atoms with E-state index >= 15 is 0 Å². The van der Waals surface area contributed by atoms with Crippen molar-refractivity contribution < 1.29 is 23.9 Å². The van der Waals surface area contributed by atoms with Crippen molar-refractivity contribution in [3.63, 3.8) is 0 Å². The van der Waals surface area contributed by atoms with Gasteiger partial charge in [-0.1, -0.05) is 58.9 Å². The number of amides is 3. The lowest BCUT2D eigenvalue weighted by atomic mass is 9.95. The molecule has 4 rings (SSSR count). The monoisotopic (exact) mass is 624 g/mol. The van der Waals surface area contributed by atoms with E-state index in [4.69, 9.17) is 16.3 Å². The van der Waals surface area contributed by atoms with Crippen LogP contribution in [0.15, 0.2) is 76.3 Å². The highest BCUT2D eigenvalue weighted by Crippen LogP contribution is 2.23. The zero-order valence-corrected chi connectivity index (χ0v) is 23.6. The highest BCUT2D eigenvalue weighted by Gasteiger charge is 2.21. The van der Waals surface area contributed by atoms with Crippen molar-refractivity contribution in [2.75, 3.05) is 5.32 Å². The average Bonchev–Trinajstić information content (AvgIpc) is 2.95. The van der Waals surface area contributed by atoms with E-state index < -0.39 is 17.8 Å². The summed E-state index contributed by atoms with van der Waals surface area (Å²) >= 11 is 9.22. The Kier molecular flexibility index (Phi) is 10.0. The van der Waals surface area contributed by atoms with Crippen LogP contribution in [0.3, 0.4) is 0 Å². The first-order valence-corrected chi connectivity index (χ1v) is 13.8. The van der Waals surface area contributed by atoms with Crippen LogP contribution in [-0.2, 0) is 9.59 Å². The molecule has 3 N–H and O–H groups in total. The van der Waals surface area contributed by atoms with Crippen LogP contribution in [0.4, 0.5) is 5.69 Å². The molecule has 0 aromatic heterocycles. The van der Waals surface area contributed by atoms with Crippen LogP contribution in [0.25, 0.3) is 0 Å². The lowest BCUT2D eigenvalue weighted by molar-refractivity contribution is -0.136. The minimum absolute atomic E-state index is 0.0935. The molecule has 1 saturated carbocycles. The summed E-state index contributed by atoms with van der Waals surface area (Å²) in [5, 5.41) is 9.80.